The molecule has 2 aromatic rings. The number of rotatable bonds is 9. The Bertz CT molecular complexity index is 539. The van der Waals surface area contributed by atoms with Gasteiger partial charge < -0.3 is 9.88 Å². The molecule has 2 rings (SSSR count). The molecule has 0 fully saturated rings. The smallest absolute Gasteiger partial charge is 0.0483 e. The predicted octanol–water partition coefficient (Wildman–Crippen LogP) is 4.62. The SMILES string of the molecule is CCCNCCc1cn(CCCC(C)C)c2ccccc12. The predicted molar refractivity (Wildman–Crippen MR) is 92.9 cm³/mol. The maximum absolute atomic E-state index is 3.51. The first-order chi connectivity index (χ1) is 10.2. The first kappa shape index (κ1) is 16.1. The average Bonchev–Trinajstić information content (AvgIpc) is 2.82. The van der Waals surface area contributed by atoms with E-state index >= 15 is 0 Å². The third-order valence-corrected chi connectivity index (χ3v) is 4.05. The maximum Gasteiger partial charge on any atom is 0.0483 e. The van der Waals surface area contributed by atoms with E-state index in [0.29, 0.717) is 0 Å². The number of benzene rings is 1. The molecule has 116 valence electrons. The summed E-state index contributed by atoms with van der Waals surface area (Å²) in [7, 11) is 0. The van der Waals surface area contributed by atoms with Crippen molar-refractivity contribution in [2.45, 2.75) is 53.0 Å². The van der Waals surface area contributed by atoms with Crippen LogP contribution in [0.15, 0.2) is 30.5 Å². The van der Waals surface area contributed by atoms with Crippen molar-refractivity contribution in [3.63, 3.8) is 0 Å². The number of aryl methyl sites for hydroxylation is 1. The topological polar surface area (TPSA) is 17.0 Å². The van der Waals surface area contributed by atoms with Crippen LogP contribution in [0.2, 0.25) is 0 Å². The van der Waals surface area contributed by atoms with Crippen LogP contribution in [0.1, 0.15) is 45.6 Å². The van der Waals surface area contributed by atoms with Crippen molar-refractivity contribution in [1.29, 1.82) is 0 Å². The minimum atomic E-state index is 0.796. The van der Waals surface area contributed by atoms with Crippen LogP contribution in [0, 0.1) is 5.92 Å². The average molecular weight is 286 g/mol. The summed E-state index contributed by atoms with van der Waals surface area (Å²) in [5.74, 6) is 0.796. The Balaban J connectivity index is 2.06. The summed E-state index contributed by atoms with van der Waals surface area (Å²) in [4.78, 5) is 0. The quantitative estimate of drug-likeness (QED) is 0.666. The Morgan fingerprint density at radius 2 is 1.95 bits per heavy atom. The van der Waals surface area contributed by atoms with Gasteiger partial charge in [0.25, 0.3) is 0 Å². The van der Waals surface area contributed by atoms with Crippen LogP contribution in [0.4, 0.5) is 0 Å². The van der Waals surface area contributed by atoms with E-state index in [-0.39, 0.29) is 0 Å². The zero-order valence-corrected chi connectivity index (χ0v) is 13.9. The van der Waals surface area contributed by atoms with Gasteiger partial charge in [0.15, 0.2) is 0 Å². The lowest BCUT2D eigenvalue weighted by atomic mass is 10.1. The van der Waals surface area contributed by atoms with Crippen molar-refractivity contribution in [3.8, 4) is 0 Å². The van der Waals surface area contributed by atoms with Crippen molar-refractivity contribution in [1.82, 2.24) is 9.88 Å². The van der Waals surface area contributed by atoms with Gasteiger partial charge in [-0.25, -0.2) is 0 Å². The maximum atomic E-state index is 3.51. The highest BCUT2D eigenvalue weighted by atomic mass is 15.0. The first-order valence-electron chi connectivity index (χ1n) is 8.49. The molecular weight excluding hydrogens is 256 g/mol. The summed E-state index contributed by atoms with van der Waals surface area (Å²) in [6.07, 6.45) is 7.27. The van der Waals surface area contributed by atoms with Crippen LogP contribution in [0.25, 0.3) is 10.9 Å². The number of hydrogen-bond acceptors (Lipinski definition) is 1. The number of aromatic nitrogens is 1. The molecule has 0 aliphatic carbocycles. The van der Waals surface area contributed by atoms with Crippen molar-refractivity contribution in [3.05, 3.63) is 36.0 Å². The lowest BCUT2D eigenvalue weighted by Crippen LogP contribution is -2.17. The van der Waals surface area contributed by atoms with Crippen molar-refractivity contribution in [2.75, 3.05) is 13.1 Å². The Labute approximate surface area is 129 Å². The van der Waals surface area contributed by atoms with E-state index in [1.807, 2.05) is 0 Å². The summed E-state index contributed by atoms with van der Waals surface area (Å²) in [6.45, 7) is 10.2. The molecule has 2 nitrogen and oxygen atoms in total. The van der Waals surface area contributed by atoms with E-state index in [4.69, 9.17) is 0 Å². The summed E-state index contributed by atoms with van der Waals surface area (Å²) in [5.41, 5.74) is 2.88. The molecule has 0 unspecified atom stereocenters. The third-order valence-electron chi connectivity index (χ3n) is 4.05. The highest BCUT2D eigenvalue weighted by Crippen LogP contribution is 2.22. The summed E-state index contributed by atoms with van der Waals surface area (Å²) in [5, 5.41) is 4.94. The molecular formula is C19H30N2. The molecule has 0 saturated carbocycles. The third kappa shape index (κ3) is 4.60. The highest BCUT2D eigenvalue weighted by molar-refractivity contribution is 5.84. The number of fused-ring (bicyclic) bond motifs is 1. The van der Waals surface area contributed by atoms with Crippen molar-refractivity contribution >= 4 is 10.9 Å². The monoisotopic (exact) mass is 286 g/mol. The molecule has 0 aliphatic rings. The molecule has 21 heavy (non-hydrogen) atoms. The number of para-hydroxylation sites is 1. The van der Waals surface area contributed by atoms with Crippen molar-refractivity contribution in [2.24, 2.45) is 5.92 Å². The number of nitrogens with one attached hydrogen (secondary N) is 1. The number of nitrogens with zero attached hydrogens (tertiary/aromatic N) is 1. The van der Waals surface area contributed by atoms with Gasteiger partial charge in [0, 0.05) is 23.6 Å². The van der Waals surface area contributed by atoms with Crippen LogP contribution in [-0.4, -0.2) is 17.7 Å². The summed E-state index contributed by atoms with van der Waals surface area (Å²) in [6, 6.07) is 8.83. The van der Waals surface area contributed by atoms with Gasteiger partial charge >= 0.3 is 0 Å². The van der Waals surface area contributed by atoms with Crippen LogP contribution in [0.3, 0.4) is 0 Å². The standard InChI is InChI=1S/C19H30N2/c1-4-12-20-13-11-17-15-21(14-7-8-16(2)3)19-10-6-5-9-18(17)19/h5-6,9-10,15-16,20H,4,7-8,11-14H2,1-3H3. The molecule has 1 aromatic carbocycles. The van der Waals surface area contributed by atoms with Crippen molar-refractivity contribution < 1.29 is 0 Å². The van der Waals surface area contributed by atoms with Crippen LogP contribution < -0.4 is 5.32 Å². The molecule has 2 heteroatoms. The van der Waals surface area contributed by atoms with Gasteiger partial charge in [-0.3, -0.25) is 0 Å². The van der Waals surface area contributed by atoms with Gasteiger partial charge in [-0.15, -0.1) is 0 Å². The molecule has 1 aromatic heterocycles. The first-order valence-corrected chi connectivity index (χ1v) is 8.49. The van der Waals surface area contributed by atoms with Gasteiger partial charge in [-0.2, -0.15) is 0 Å². The van der Waals surface area contributed by atoms with Crippen LogP contribution in [0.5, 0.6) is 0 Å². The molecule has 1 N–H and O–H groups in total. The van der Waals surface area contributed by atoms with Gasteiger partial charge in [-0.05, 0) is 56.3 Å². The Hall–Kier alpha value is -1.28. The lowest BCUT2D eigenvalue weighted by molar-refractivity contribution is 0.517. The zero-order valence-electron chi connectivity index (χ0n) is 13.9. The minimum Gasteiger partial charge on any atom is -0.347 e. The molecule has 0 atom stereocenters. The van der Waals surface area contributed by atoms with E-state index in [0.717, 1.165) is 32.0 Å². The Kier molecular flexibility index (Phi) is 6.31. The van der Waals surface area contributed by atoms with Crippen LogP contribution in [-0.2, 0) is 13.0 Å². The van der Waals surface area contributed by atoms with Gasteiger partial charge in [0.1, 0.15) is 0 Å². The fraction of sp³-hybridized carbons (Fsp3) is 0.579. The number of hydrogen-bond donors (Lipinski definition) is 1. The second kappa shape index (κ2) is 8.23. The summed E-state index contributed by atoms with van der Waals surface area (Å²) >= 11 is 0. The normalized spacial score (nSPS) is 11.6. The molecule has 0 radical (unpaired) electrons. The van der Waals surface area contributed by atoms with E-state index < -0.39 is 0 Å². The van der Waals surface area contributed by atoms with E-state index in [9.17, 15) is 0 Å². The molecule has 0 spiro atoms. The Morgan fingerprint density at radius 1 is 1.14 bits per heavy atom. The highest BCUT2D eigenvalue weighted by Gasteiger charge is 2.07. The Morgan fingerprint density at radius 3 is 2.71 bits per heavy atom. The molecule has 0 bridgehead atoms. The molecule has 0 amide bonds. The van der Waals surface area contributed by atoms with E-state index in [1.165, 1.54) is 35.7 Å². The second-order valence-electron chi connectivity index (χ2n) is 6.40. The molecule has 0 aliphatic heterocycles. The fourth-order valence-electron chi connectivity index (χ4n) is 2.90. The second-order valence-corrected chi connectivity index (χ2v) is 6.40. The summed E-state index contributed by atoms with van der Waals surface area (Å²) < 4.78 is 2.45. The molecule has 1 heterocycles. The molecule has 0 saturated heterocycles. The van der Waals surface area contributed by atoms with Gasteiger partial charge in [0.2, 0.25) is 0 Å². The minimum absolute atomic E-state index is 0.796. The van der Waals surface area contributed by atoms with Crippen LogP contribution >= 0.6 is 0 Å². The lowest BCUT2D eigenvalue weighted by Gasteiger charge is -2.07. The van der Waals surface area contributed by atoms with E-state index in [2.05, 4.69) is 61.1 Å². The fourth-order valence-corrected chi connectivity index (χ4v) is 2.90. The zero-order chi connectivity index (χ0) is 15.1. The largest absolute Gasteiger partial charge is 0.347 e. The van der Waals surface area contributed by atoms with E-state index in [1.54, 1.807) is 0 Å². The van der Waals surface area contributed by atoms with Gasteiger partial charge in [-0.1, -0.05) is 39.0 Å². The van der Waals surface area contributed by atoms with Gasteiger partial charge in [0.05, 0.1) is 0 Å².